The first-order chi connectivity index (χ1) is 12.2. The maximum Gasteiger partial charge on any atom is 0.489 e. The van der Waals surface area contributed by atoms with Crippen molar-refractivity contribution in [2.75, 3.05) is 13.2 Å². The number of hydrogen-bond donors (Lipinski definition) is 0. The Bertz CT molecular complexity index is 541. The maximum absolute atomic E-state index is 13.7. The van der Waals surface area contributed by atoms with Gasteiger partial charge in [-0.2, -0.15) is 0 Å². The number of nitrogens with zero attached hydrogens (tertiary/aromatic N) is 1. The van der Waals surface area contributed by atoms with Crippen molar-refractivity contribution in [2.45, 2.75) is 84.2 Å². The molecule has 0 radical (unpaired) electrons. The van der Waals surface area contributed by atoms with Crippen LogP contribution in [0.4, 0.5) is 9.18 Å². The van der Waals surface area contributed by atoms with Crippen LogP contribution in [0, 0.1) is 0 Å². The minimum atomic E-state index is -0.677. The molecule has 1 atom stereocenters. The van der Waals surface area contributed by atoms with Gasteiger partial charge in [0.1, 0.15) is 12.3 Å². The molecule has 27 heavy (non-hydrogen) atoms. The molecule has 0 bridgehead atoms. The van der Waals surface area contributed by atoms with Crippen LogP contribution in [0.25, 0.3) is 0 Å². The van der Waals surface area contributed by atoms with Crippen LogP contribution in [0.1, 0.15) is 61.3 Å². The summed E-state index contributed by atoms with van der Waals surface area (Å²) in [6.07, 6.45) is 1.88. The van der Waals surface area contributed by atoms with Crippen LogP contribution >= 0.6 is 0 Å². The van der Waals surface area contributed by atoms with E-state index in [2.05, 4.69) is 13.2 Å². The molecule has 0 saturated carbocycles. The van der Waals surface area contributed by atoms with Crippen LogP contribution < -0.4 is 0 Å². The van der Waals surface area contributed by atoms with Gasteiger partial charge in [-0.25, -0.2) is 9.18 Å². The Hall–Kier alpha value is -1.34. The second-order valence-electron chi connectivity index (χ2n) is 9.01. The van der Waals surface area contributed by atoms with Gasteiger partial charge in [0, 0.05) is 6.54 Å². The Morgan fingerprint density at radius 3 is 2.19 bits per heavy atom. The fraction of sp³-hybridized carbons (Fsp3) is 0.750. The molecule has 0 aromatic heterocycles. The number of carbonyl (C=O) groups excluding carboxylic acids is 1. The molecule has 1 amide bonds. The lowest BCUT2D eigenvalue weighted by molar-refractivity contribution is 0.00578. The Balaban J connectivity index is 2.74. The standard InChI is InChI=1S/C20H35BFNO4/c1-10-13-23(17(24)25-18(3,4)5)16(14-22)12-11-15(2)21-26-19(6,7)20(8,9)27-21/h10,16H,1-2,11-14H2,3-9H3. The summed E-state index contributed by atoms with van der Waals surface area (Å²) >= 11 is 0. The van der Waals surface area contributed by atoms with Crippen molar-refractivity contribution in [3.8, 4) is 0 Å². The SMILES string of the molecule is C=CCN(C(=O)OC(C)(C)C)C(CF)CCC(=C)B1OC(C)(C)C(C)(C)O1. The van der Waals surface area contributed by atoms with Crippen molar-refractivity contribution in [1.82, 2.24) is 4.90 Å². The molecule has 1 aliphatic rings. The molecule has 5 nitrogen and oxygen atoms in total. The second-order valence-corrected chi connectivity index (χ2v) is 9.01. The average Bonchev–Trinajstić information content (AvgIpc) is 2.73. The average molecular weight is 383 g/mol. The van der Waals surface area contributed by atoms with E-state index in [1.54, 1.807) is 26.8 Å². The van der Waals surface area contributed by atoms with Gasteiger partial charge in [0.2, 0.25) is 0 Å². The van der Waals surface area contributed by atoms with Gasteiger partial charge in [0.05, 0.1) is 17.2 Å². The van der Waals surface area contributed by atoms with Gasteiger partial charge >= 0.3 is 13.2 Å². The zero-order valence-corrected chi connectivity index (χ0v) is 17.9. The summed E-state index contributed by atoms with van der Waals surface area (Å²) in [5.74, 6) is 0. The van der Waals surface area contributed by atoms with Crippen LogP contribution in [-0.2, 0) is 14.0 Å². The number of alkyl halides is 1. The second kappa shape index (κ2) is 8.78. The Labute approximate surface area is 164 Å². The highest BCUT2D eigenvalue weighted by Gasteiger charge is 2.51. The van der Waals surface area contributed by atoms with Gasteiger partial charge in [0.15, 0.2) is 0 Å². The van der Waals surface area contributed by atoms with Crippen molar-refractivity contribution in [3.63, 3.8) is 0 Å². The van der Waals surface area contributed by atoms with Gasteiger partial charge in [0.25, 0.3) is 0 Å². The highest BCUT2D eigenvalue weighted by molar-refractivity contribution is 6.54. The minimum absolute atomic E-state index is 0.215. The minimum Gasteiger partial charge on any atom is -0.444 e. The molecule has 1 rings (SSSR count). The molecule has 0 aromatic rings. The van der Waals surface area contributed by atoms with E-state index in [1.165, 1.54) is 4.90 Å². The van der Waals surface area contributed by atoms with E-state index in [9.17, 15) is 9.18 Å². The predicted octanol–water partition coefficient (Wildman–Crippen LogP) is 4.72. The van der Waals surface area contributed by atoms with E-state index in [-0.39, 0.29) is 6.54 Å². The highest BCUT2D eigenvalue weighted by atomic mass is 19.1. The number of hydrogen-bond acceptors (Lipinski definition) is 4. The maximum atomic E-state index is 13.7. The largest absolute Gasteiger partial charge is 0.489 e. The number of amides is 1. The molecular formula is C20H35BFNO4. The third kappa shape index (κ3) is 6.35. The van der Waals surface area contributed by atoms with Crippen molar-refractivity contribution < 1.29 is 23.2 Å². The molecule has 1 fully saturated rings. The van der Waals surface area contributed by atoms with Gasteiger partial charge in [-0.15, -0.1) is 13.2 Å². The number of allylic oxidation sites excluding steroid dienone is 1. The van der Waals surface area contributed by atoms with Gasteiger partial charge in [-0.3, -0.25) is 4.90 Å². The smallest absolute Gasteiger partial charge is 0.444 e. The normalized spacial score (nSPS) is 19.5. The summed E-state index contributed by atoms with van der Waals surface area (Å²) in [5, 5.41) is 0. The number of ether oxygens (including phenoxy) is 1. The summed E-state index contributed by atoms with van der Waals surface area (Å²) in [6.45, 7) is 20.5. The lowest BCUT2D eigenvalue weighted by Gasteiger charge is -2.32. The fourth-order valence-electron chi connectivity index (χ4n) is 2.63. The zero-order valence-electron chi connectivity index (χ0n) is 17.9. The predicted molar refractivity (Wildman–Crippen MR) is 107 cm³/mol. The zero-order chi connectivity index (χ0) is 21.0. The Morgan fingerprint density at radius 1 is 1.26 bits per heavy atom. The molecule has 0 N–H and O–H groups in total. The molecule has 154 valence electrons. The first-order valence-corrected chi connectivity index (χ1v) is 9.44. The molecular weight excluding hydrogens is 348 g/mol. The first kappa shape index (κ1) is 23.7. The summed E-state index contributed by atoms with van der Waals surface area (Å²) in [7, 11) is -0.537. The number of carbonyl (C=O) groups is 1. The van der Waals surface area contributed by atoms with Crippen molar-refractivity contribution in [1.29, 1.82) is 0 Å². The van der Waals surface area contributed by atoms with Gasteiger partial charge in [-0.05, 0) is 66.8 Å². The molecule has 1 saturated heterocycles. The number of rotatable bonds is 8. The van der Waals surface area contributed by atoms with Crippen LogP contribution in [0.3, 0.4) is 0 Å². The van der Waals surface area contributed by atoms with Crippen LogP contribution in [0.15, 0.2) is 24.7 Å². The van der Waals surface area contributed by atoms with Crippen LogP contribution in [-0.4, -0.2) is 54.2 Å². The Kier molecular flexibility index (Phi) is 7.71. The molecule has 0 aromatic carbocycles. The number of halogens is 1. The molecule has 1 unspecified atom stereocenters. The third-order valence-electron chi connectivity index (χ3n) is 4.96. The first-order valence-electron chi connectivity index (χ1n) is 9.44. The van der Waals surface area contributed by atoms with Gasteiger partial charge < -0.3 is 14.0 Å². The highest BCUT2D eigenvalue weighted by Crippen LogP contribution is 2.39. The third-order valence-corrected chi connectivity index (χ3v) is 4.96. The molecule has 1 aliphatic heterocycles. The summed E-state index contributed by atoms with van der Waals surface area (Å²) in [6, 6.07) is -0.628. The lowest BCUT2D eigenvalue weighted by Crippen LogP contribution is -2.44. The lowest BCUT2D eigenvalue weighted by atomic mass is 9.76. The summed E-state index contributed by atoms with van der Waals surface area (Å²) in [4.78, 5) is 13.8. The molecule has 1 heterocycles. The van der Waals surface area contributed by atoms with Crippen molar-refractivity contribution >= 4 is 13.2 Å². The fourth-order valence-corrected chi connectivity index (χ4v) is 2.63. The van der Waals surface area contributed by atoms with Crippen LogP contribution in [0.2, 0.25) is 0 Å². The Morgan fingerprint density at radius 2 is 1.78 bits per heavy atom. The van der Waals surface area contributed by atoms with Crippen LogP contribution in [0.5, 0.6) is 0 Å². The van der Waals surface area contributed by atoms with E-state index in [1.807, 2.05) is 27.7 Å². The van der Waals surface area contributed by atoms with E-state index < -0.39 is 42.7 Å². The van der Waals surface area contributed by atoms with E-state index >= 15 is 0 Å². The van der Waals surface area contributed by atoms with Gasteiger partial charge in [-0.1, -0.05) is 6.08 Å². The quantitative estimate of drug-likeness (QED) is 0.450. The van der Waals surface area contributed by atoms with Crippen molar-refractivity contribution in [3.05, 3.63) is 24.7 Å². The van der Waals surface area contributed by atoms with E-state index in [0.29, 0.717) is 12.8 Å². The van der Waals surface area contributed by atoms with E-state index in [4.69, 9.17) is 14.0 Å². The van der Waals surface area contributed by atoms with Crippen molar-refractivity contribution in [2.24, 2.45) is 0 Å². The topological polar surface area (TPSA) is 48.0 Å². The molecule has 0 spiro atoms. The molecule has 7 heteroatoms. The molecule has 0 aliphatic carbocycles. The summed E-state index contributed by atoms with van der Waals surface area (Å²) in [5.41, 5.74) is -0.824. The summed E-state index contributed by atoms with van der Waals surface area (Å²) < 4.78 is 31.1. The monoisotopic (exact) mass is 383 g/mol. The van der Waals surface area contributed by atoms with E-state index in [0.717, 1.165) is 5.47 Å².